The zero-order valence-corrected chi connectivity index (χ0v) is 12.0. The van der Waals surface area contributed by atoms with Gasteiger partial charge in [0.1, 0.15) is 17.2 Å². The number of hydrogen-bond acceptors (Lipinski definition) is 4. The second-order valence-corrected chi connectivity index (χ2v) is 4.68. The van der Waals surface area contributed by atoms with Gasteiger partial charge in [-0.3, -0.25) is 9.78 Å². The molecular weight excluding hydrogens is 301 g/mol. The number of ether oxygens (including phenoxy) is 1. The minimum Gasteiger partial charge on any atom is -0.456 e. The number of nitrogen functional groups attached to an aromatic ring is 1. The van der Waals surface area contributed by atoms with Crippen molar-refractivity contribution >= 4 is 34.8 Å². The number of carbonyl (C=O) groups is 1. The van der Waals surface area contributed by atoms with Crippen molar-refractivity contribution in [3.8, 4) is 11.5 Å². The van der Waals surface area contributed by atoms with E-state index in [0.29, 0.717) is 27.2 Å². The number of halogens is 2. The maximum absolute atomic E-state index is 11.5. The molecule has 0 saturated carbocycles. The molecule has 1 heterocycles. The zero-order valence-electron chi connectivity index (χ0n) is 10.5. The lowest BCUT2D eigenvalue weighted by Gasteiger charge is -2.10. The molecule has 1 aromatic carbocycles. The number of rotatable bonds is 3. The molecular formula is C13H11Cl2N3O2. The lowest BCUT2D eigenvalue weighted by atomic mass is 10.3. The van der Waals surface area contributed by atoms with Crippen LogP contribution in [0.1, 0.15) is 10.5 Å². The first-order valence-corrected chi connectivity index (χ1v) is 6.37. The Labute approximate surface area is 125 Å². The minimum absolute atomic E-state index is 0.239. The van der Waals surface area contributed by atoms with Crippen LogP contribution < -0.4 is 15.8 Å². The van der Waals surface area contributed by atoms with Gasteiger partial charge in [-0.1, -0.05) is 23.2 Å². The molecule has 5 nitrogen and oxygen atoms in total. The molecule has 2 aromatic rings. The molecule has 0 saturated heterocycles. The molecule has 104 valence electrons. The molecule has 1 aromatic heterocycles. The first kappa shape index (κ1) is 14.4. The number of benzene rings is 1. The fourth-order valence-electron chi connectivity index (χ4n) is 1.48. The fourth-order valence-corrected chi connectivity index (χ4v) is 1.90. The number of nitrogens with zero attached hydrogens (tertiary/aromatic N) is 1. The summed E-state index contributed by atoms with van der Waals surface area (Å²) < 4.78 is 5.59. The van der Waals surface area contributed by atoms with Gasteiger partial charge >= 0.3 is 0 Å². The highest BCUT2D eigenvalue weighted by molar-refractivity contribution is 6.37. The smallest absolute Gasteiger partial charge is 0.269 e. The van der Waals surface area contributed by atoms with Crippen molar-refractivity contribution in [1.29, 1.82) is 0 Å². The lowest BCUT2D eigenvalue weighted by Crippen LogP contribution is -2.18. The van der Waals surface area contributed by atoms with Gasteiger partial charge in [0, 0.05) is 25.4 Å². The van der Waals surface area contributed by atoms with Crippen LogP contribution in [-0.4, -0.2) is 17.9 Å². The Morgan fingerprint density at radius 1 is 1.30 bits per heavy atom. The van der Waals surface area contributed by atoms with Gasteiger partial charge in [-0.25, -0.2) is 0 Å². The summed E-state index contributed by atoms with van der Waals surface area (Å²) in [5.74, 6) is 0.460. The fraction of sp³-hybridized carbons (Fsp3) is 0.0769. The predicted octanol–water partition coefficient (Wildman–Crippen LogP) is 3.12. The van der Waals surface area contributed by atoms with E-state index in [1.54, 1.807) is 6.07 Å². The van der Waals surface area contributed by atoms with Gasteiger partial charge in [0.25, 0.3) is 5.91 Å². The molecule has 2 rings (SSSR count). The summed E-state index contributed by atoms with van der Waals surface area (Å²) in [5, 5.41) is 3.15. The third-order valence-corrected chi connectivity index (χ3v) is 3.09. The van der Waals surface area contributed by atoms with Gasteiger partial charge in [-0.2, -0.15) is 0 Å². The van der Waals surface area contributed by atoms with E-state index in [1.165, 1.54) is 31.4 Å². The SMILES string of the molecule is CNC(=O)c1cc(Oc2cc(N)c(Cl)cc2Cl)ccn1. The Kier molecular flexibility index (Phi) is 4.32. The Balaban J connectivity index is 2.31. The van der Waals surface area contributed by atoms with E-state index < -0.39 is 0 Å². The van der Waals surface area contributed by atoms with Crippen LogP contribution in [0.4, 0.5) is 5.69 Å². The van der Waals surface area contributed by atoms with E-state index in [1.807, 2.05) is 0 Å². The van der Waals surface area contributed by atoms with E-state index in [9.17, 15) is 4.79 Å². The number of nitrogens with two attached hydrogens (primary N) is 1. The molecule has 0 aliphatic carbocycles. The Hall–Kier alpha value is -1.98. The third-order valence-electron chi connectivity index (χ3n) is 2.47. The number of pyridine rings is 1. The summed E-state index contributed by atoms with van der Waals surface area (Å²) in [5.41, 5.74) is 6.29. The highest BCUT2D eigenvalue weighted by Crippen LogP contribution is 2.35. The summed E-state index contributed by atoms with van der Waals surface area (Å²) in [7, 11) is 1.52. The number of carbonyl (C=O) groups excluding carboxylic acids is 1. The maximum Gasteiger partial charge on any atom is 0.269 e. The highest BCUT2D eigenvalue weighted by atomic mass is 35.5. The van der Waals surface area contributed by atoms with E-state index in [-0.39, 0.29) is 11.6 Å². The van der Waals surface area contributed by atoms with E-state index in [0.717, 1.165) is 0 Å². The molecule has 0 radical (unpaired) electrons. The third kappa shape index (κ3) is 3.12. The molecule has 0 fully saturated rings. The molecule has 0 atom stereocenters. The average molecular weight is 312 g/mol. The Morgan fingerprint density at radius 3 is 2.75 bits per heavy atom. The van der Waals surface area contributed by atoms with Crippen molar-refractivity contribution in [3.63, 3.8) is 0 Å². The van der Waals surface area contributed by atoms with Crippen LogP contribution in [0.15, 0.2) is 30.5 Å². The minimum atomic E-state index is -0.308. The van der Waals surface area contributed by atoms with Crippen LogP contribution in [0.25, 0.3) is 0 Å². The number of aromatic nitrogens is 1. The first-order valence-electron chi connectivity index (χ1n) is 5.61. The van der Waals surface area contributed by atoms with Crippen LogP contribution >= 0.6 is 23.2 Å². The maximum atomic E-state index is 11.5. The predicted molar refractivity (Wildman–Crippen MR) is 78.6 cm³/mol. The van der Waals surface area contributed by atoms with Gasteiger partial charge in [0.15, 0.2) is 0 Å². The topological polar surface area (TPSA) is 77.2 Å². The largest absolute Gasteiger partial charge is 0.456 e. The number of hydrogen-bond donors (Lipinski definition) is 2. The van der Waals surface area contributed by atoms with Gasteiger partial charge in [0.05, 0.1) is 15.7 Å². The van der Waals surface area contributed by atoms with Crippen molar-refractivity contribution in [2.24, 2.45) is 0 Å². The molecule has 0 aliphatic rings. The van der Waals surface area contributed by atoms with Crippen LogP contribution in [-0.2, 0) is 0 Å². The van der Waals surface area contributed by atoms with Crippen molar-refractivity contribution in [1.82, 2.24) is 10.3 Å². The lowest BCUT2D eigenvalue weighted by molar-refractivity contribution is 0.0958. The quantitative estimate of drug-likeness (QED) is 0.854. The summed E-state index contributed by atoms with van der Waals surface area (Å²) in [6, 6.07) is 6.12. The van der Waals surface area contributed by atoms with Crippen molar-refractivity contribution in [2.75, 3.05) is 12.8 Å². The Morgan fingerprint density at radius 2 is 2.05 bits per heavy atom. The summed E-state index contributed by atoms with van der Waals surface area (Å²) in [4.78, 5) is 15.4. The molecule has 0 unspecified atom stereocenters. The van der Waals surface area contributed by atoms with Crippen molar-refractivity contribution in [2.45, 2.75) is 0 Å². The summed E-state index contributed by atoms with van der Waals surface area (Å²) in [6.45, 7) is 0. The molecule has 0 bridgehead atoms. The average Bonchev–Trinajstić information content (AvgIpc) is 2.44. The Bertz CT molecular complexity index is 662. The van der Waals surface area contributed by atoms with Crippen molar-refractivity contribution < 1.29 is 9.53 Å². The van der Waals surface area contributed by atoms with Crippen LogP contribution in [0.2, 0.25) is 10.0 Å². The normalized spacial score (nSPS) is 10.2. The summed E-state index contributed by atoms with van der Waals surface area (Å²) >= 11 is 11.9. The first-order chi connectivity index (χ1) is 9.51. The van der Waals surface area contributed by atoms with Crippen LogP contribution in [0, 0.1) is 0 Å². The summed E-state index contributed by atoms with van der Waals surface area (Å²) in [6.07, 6.45) is 1.47. The number of nitrogens with one attached hydrogen (secondary N) is 1. The van der Waals surface area contributed by atoms with Gasteiger partial charge in [0.2, 0.25) is 0 Å². The number of anilines is 1. The van der Waals surface area contributed by atoms with E-state index >= 15 is 0 Å². The highest BCUT2D eigenvalue weighted by Gasteiger charge is 2.10. The zero-order chi connectivity index (χ0) is 14.7. The van der Waals surface area contributed by atoms with Crippen molar-refractivity contribution in [3.05, 3.63) is 46.2 Å². The standard InChI is InChI=1S/C13H11Cl2N3O2/c1-17-13(19)11-4-7(2-3-18-11)20-12-6-10(16)8(14)5-9(12)15/h2-6H,16H2,1H3,(H,17,19). The molecule has 1 amide bonds. The van der Waals surface area contributed by atoms with E-state index in [2.05, 4.69) is 10.3 Å². The molecule has 0 aliphatic heterocycles. The molecule has 20 heavy (non-hydrogen) atoms. The van der Waals surface area contributed by atoms with Gasteiger partial charge < -0.3 is 15.8 Å². The monoisotopic (exact) mass is 311 g/mol. The molecule has 0 spiro atoms. The second kappa shape index (κ2) is 5.98. The second-order valence-electron chi connectivity index (χ2n) is 3.86. The van der Waals surface area contributed by atoms with E-state index in [4.69, 9.17) is 33.7 Å². The van der Waals surface area contributed by atoms with Crippen LogP contribution in [0.5, 0.6) is 11.5 Å². The van der Waals surface area contributed by atoms with Gasteiger partial charge in [-0.15, -0.1) is 0 Å². The molecule has 7 heteroatoms. The number of amides is 1. The molecule has 3 N–H and O–H groups in total. The van der Waals surface area contributed by atoms with Gasteiger partial charge in [-0.05, 0) is 12.1 Å². The van der Waals surface area contributed by atoms with Crippen LogP contribution in [0.3, 0.4) is 0 Å².